The van der Waals surface area contributed by atoms with Gasteiger partial charge in [-0.1, -0.05) is 18.7 Å². The van der Waals surface area contributed by atoms with Crippen LogP contribution < -0.4 is 10.6 Å². The highest BCUT2D eigenvalue weighted by Gasteiger charge is 2.03. The third-order valence-corrected chi connectivity index (χ3v) is 2.84. The minimum Gasteiger partial charge on any atom is -0.483 e. The van der Waals surface area contributed by atoms with Crippen molar-refractivity contribution < 1.29 is 24.2 Å². The number of hydrogen-bond donors (Lipinski definition) is 3. The van der Waals surface area contributed by atoms with Crippen LogP contribution in [-0.2, 0) is 14.3 Å². The van der Waals surface area contributed by atoms with E-state index in [1.54, 1.807) is 0 Å². The largest absolute Gasteiger partial charge is 0.483 e. The van der Waals surface area contributed by atoms with Gasteiger partial charge in [0.25, 0.3) is 18.9 Å². The lowest BCUT2D eigenvalue weighted by molar-refractivity contribution is -0.127. The Bertz CT molecular complexity index is 507. The monoisotopic (exact) mass is 364 g/mol. The second-order valence-electron chi connectivity index (χ2n) is 4.69. The van der Waals surface area contributed by atoms with Crippen molar-refractivity contribution in [2.45, 2.75) is 19.3 Å². The standard InChI is InChI=1S/C14H20N2O.C4H6O2.CH2O2/c1-3-4-5-6-11-16-14(17)12-7-9-13(15-2)10-8-12;1-2-3-6-4-5;2-1-3/h3,7-10,15H,1,4-6,11H2,2H3,(H,16,17);2,4H,1,3H2;1H,(H,2,3). The number of hydrogen-bond acceptors (Lipinski definition) is 5. The Balaban J connectivity index is 0. The molecule has 0 spiro atoms. The van der Waals surface area contributed by atoms with Crippen LogP contribution in [0.4, 0.5) is 5.69 Å². The number of rotatable bonds is 10. The van der Waals surface area contributed by atoms with Crippen LogP contribution in [0.25, 0.3) is 0 Å². The van der Waals surface area contributed by atoms with Gasteiger partial charge in [0.05, 0.1) is 0 Å². The second-order valence-corrected chi connectivity index (χ2v) is 4.69. The van der Waals surface area contributed by atoms with Gasteiger partial charge in [0.15, 0.2) is 0 Å². The number of benzene rings is 1. The lowest BCUT2D eigenvalue weighted by Gasteiger charge is -2.05. The number of amides is 1. The summed E-state index contributed by atoms with van der Waals surface area (Å²) in [6.07, 6.45) is 6.48. The molecule has 0 bridgehead atoms. The fraction of sp³-hybridized carbons (Fsp3) is 0.316. The van der Waals surface area contributed by atoms with E-state index in [1.807, 2.05) is 37.4 Å². The summed E-state index contributed by atoms with van der Waals surface area (Å²) in [5.41, 5.74) is 1.71. The van der Waals surface area contributed by atoms with E-state index in [4.69, 9.17) is 9.90 Å². The van der Waals surface area contributed by atoms with Crippen LogP contribution in [-0.4, -0.2) is 44.2 Å². The molecule has 0 aliphatic heterocycles. The van der Waals surface area contributed by atoms with E-state index < -0.39 is 0 Å². The van der Waals surface area contributed by atoms with E-state index in [0.717, 1.165) is 31.5 Å². The molecule has 0 aromatic heterocycles. The summed E-state index contributed by atoms with van der Waals surface area (Å²) in [6.45, 7) is 8.15. The van der Waals surface area contributed by atoms with E-state index in [-0.39, 0.29) is 12.4 Å². The van der Waals surface area contributed by atoms with Crippen molar-refractivity contribution >= 4 is 24.5 Å². The molecule has 1 rings (SSSR count). The van der Waals surface area contributed by atoms with Gasteiger partial charge >= 0.3 is 0 Å². The number of carbonyl (C=O) groups excluding carboxylic acids is 2. The zero-order valence-corrected chi connectivity index (χ0v) is 15.1. The van der Waals surface area contributed by atoms with Gasteiger partial charge in [0.1, 0.15) is 6.61 Å². The normalized spacial score (nSPS) is 8.35. The summed E-state index contributed by atoms with van der Waals surface area (Å²) < 4.78 is 4.18. The van der Waals surface area contributed by atoms with E-state index in [1.165, 1.54) is 6.08 Å². The van der Waals surface area contributed by atoms with Crippen LogP contribution in [0.2, 0.25) is 0 Å². The highest BCUT2D eigenvalue weighted by molar-refractivity contribution is 5.94. The fourth-order valence-corrected chi connectivity index (χ4v) is 1.61. The molecule has 0 unspecified atom stereocenters. The molecule has 144 valence electrons. The van der Waals surface area contributed by atoms with Crippen molar-refractivity contribution in [3.8, 4) is 0 Å². The minimum atomic E-state index is -0.250. The van der Waals surface area contributed by atoms with Gasteiger partial charge in [-0.3, -0.25) is 14.4 Å². The van der Waals surface area contributed by atoms with Gasteiger partial charge < -0.3 is 20.5 Å². The first-order valence-corrected chi connectivity index (χ1v) is 8.02. The Morgan fingerprint density at radius 2 is 1.77 bits per heavy atom. The Hall–Kier alpha value is -3.09. The fourth-order valence-electron chi connectivity index (χ4n) is 1.61. The molecule has 0 atom stereocenters. The van der Waals surface area contributed by atoms with E-state index in [9.17, 15) is 9.59 Å². The molecular formula is C19H28N2O5. The lowest BCUT2D eigenvalue weighted by Crippen LogP contribution is -2.24. The molecule has 1 aromatic rings. The molecule has 0 aliphatic carbocycles. The summed E-state index contributed by atoms with van der Waals surface area (Å²) in [5, 5.41) is 12.8. The molecule has 7 nitrogen and oxygen atoms in total. The Morgan fingerprint density at radius 1 is 1.15 bits per heavy atom. The lowest BCUT2D eigenvalue weighted by atomic mass is 10.2. The highest BCUT2D eigenvalue weighted by Crippen LogP contribution is 2.08. The van der Waals surface area contributed by atoms with Gasteiger partial charge in [-0.05, 0) is 43.5 Å². The molecule has 3 N–H and O–H groups in total. The molecule has 0 radical (unpaired) electrons. The first-order valence-electron chi connectivity index (χ1n) is 8.02. The first kappa shape index (κ1) is 25.2. The number of anilines is 1. The van der Waals surface area contributed by atoms with E-state index >= 15 is 0 Å². The molecule has 7 heteroatoms. The highest BCUT2D eigenvalue weighted by atomic mass is 16.5. The quantitative estimate of drug-likeness (QED) is 0.335. The van der Waals surface area contributed by atoms with Crippen LogP contribution in [0.5, 0.6) is 0 Å². The number of allylic oxidation sites excluding steroid dienone is 1. The zero-order valence-electron chi connectivity index (χ0n) is 15.1. The van der Waals surface area contributed by atoms with Gasteiger partial charge in [-0.15, -0.1) is 6.58 Å². The average molecular weight is 364 g/mol. The Kier molecular flexibility index (Phi) is 19.3. The number of unbranched alkanes of at least 4 members (excludes halogenated alkanes) is 2. The number of nitrogens with one attached hydrogen (secondary N) is 2. The third kappa shape index (κ3) is 15.8. The van der Waals surface area contributed by atoms with Crippen LogP contribution >= 0.6 is 0 Å². The molecule has 0 saturated carbocycles. The number of carbonyl (C=O) groups is 3. The maximum absolute atomic E-state index is 11.7. The predicted molar refractivity (Wildman–Crippen MR) is 103 cm³/mol. The maximum atomic E-state index is 11.7. The second kappa shape index (κ2) is 20.0. The SMILES string of the molecule is C=CCCCCNC(=O)c1ccc(NC)cc1.C=CCOC=O.O=CO. The molecule has 0 saturated heterocycles. The smallest absolute Gasteiger partial charge is 0.293 e. The number of ether oxygens (including phenoxy) is 1. The van der Waals surface area contributed by atoms with Gasteiger partial charge in [0, 0.05) is 24.8 Å². The average Bonchev–Trinajstić information content (AvgIpc) is 2.67. The third-order valence-electron chi connectivity index (χ3n) is 2.84. The van der Waals surface area contributed by atoms with Crippen molar-refractivity contribution in [1.29, 1.82) is 0 Å². The van der Waals surface area contributed by atoms with Crippen molar-refractivity contribution in [2.75, 3.05) is 25.5 Å². The van der Waals surface area contributed by atoms with Crippen LogP contribution in [0.15, 0.2) is 49.6 Å². The maximum Gasteiger partial charge on any atom is 0.293 e. The van der Waals surface area contributed by atoms with Gasteiger partial charge in [-0.25, -0.2) is 0 Å². The topological polar surface area (TPSA) is 105 Å². The molecule has 0 fully saturated rings. The molecule has 0 heterocycles. The van der Waals surface area contributed by atoms with Crippen molar-refractivity contribution in [3.63, 3.8) is 0 Å². The summed E-state index contributed by atoms with van der Waals surface area (Å²) in [6, 6.07) is 7.44. The predicted octanol–water partition coefficient (Wildman–Crippen LogP) is 2.86. The van der Waals surface area contributed by atoms with Gasteiger partial charge in [-0.2, -0.15) is 0 Å². The summed E-state index contributed by atoms with van der Waals surface area (Å²) in [4.78, 5) is 29.4. The summed E-state index contributed by atoms with van der Waals surface area (Å²) >= 11 is 0. The summed E-state index contributed by atoms with van der Waals surface area (Å²) in [7, 11) is 1.86. The van der Waals surface area contributed by atoms with Crippen molar-refractivity contribution in [1.82, 2.24) is 5.32 Å². The van der Waals surface area contributed by atoms with Crippen molar-refractivity contribution in [3.05, 3.63) is 55.1 Å². The van der Waals surface area contributed by atoms with Crippen molar-refractivity contribution in [2.24, 2.45) is 0 Å². The Labute approximate surface area is 154 Å². The summed E-state index contributed by atoms with van der Waals surface area (Å²) in [5.74, 6) is -0.00810. The van der Waals surface area contributed by atoms with Gasteiger partial charge in [0.2, 0.25) is 0 Å². The van der Waals surface area contributed by atoms with Crippen LogP contribution in [0, 0.1) is 0 Å². The van der Waals surface area contributed by atoms with E-state index in [0.29, 0.717) is 18.6 Å². The molecule has 26 heavy (non-hydrogen) atoms. The van der Waals surface area contributed by atoms with Crippen LogP contribution in [0.3, 0.4) is 0 Å². The molecule has 1 aromatic carbocycles. The van der Waals surface area contributed by atoms with E-state index in [2.05, 4.69) is 28.5 Å². The zero-order chi connectivity index (χ0) is 20.0. The molecule has 1 amide bonds. The molecule has 0 aliphatic rings. The van der Waals surface area contributed by atoms with Crippen LogP contribution in [0.1, 0.15) is 29.6 Å². The minimum absolute atomic E-state index is 0.00810. The Morgan fingerprint density at radius 3 is 2.19 bits per heavy atom. The number of carboxylic acid groups (broad SMARTS) is 1. The molecular weight excluding hydrogens is 336 g/mol. The first-order chi connectivity index (χ1) is 12.6.